The zero-order chi connectivity index (χ0) is 12.2. The van der Waals surface area contributed by atoms with Crippen LogP contribution in [0.5, 0.6) is 0 Å². The van der Waals surface area contributed by atoms with Crippen molar-refractivity contribution in [2.45, 2.75) is 6.18 Å². The van der Waals surface area contributed by atoms with Crippen molar-refractivity contribution >= 4 is 5.91 Å². The molecule has 1 amide bonds. The predicted molar refractivity (Wildman–Crippen MR) is 52.8 cm³/mol. The van der Waals surface area contributed by atoms with Crippen molar-refractivity contribution in [2.75, 3.05) is 13.1 Å². The Morgan fingerprint density at radius 3 is 2.50 bits per heavy atom. The maximum atomic E-state index is 12.5. The van der Waals surface area contributed by atoms with E-state index < -0.39 is 17.6 Å². The van der Waals surface area contributed by atoms with E-state index in [-0.39, 0.29) is 18.7 Å². The third kappa shape index (κ3) is 2.96. The maximum absolute atomic E-state index is 12.5. The minimum absolute atomic E-state index is 0.144. The SMILES string of the molecule is NCCNC(=O)c1ccccc1C(F)(F)F. The Labute approximate surface area is 90.4 Å². The van der Waals surface area contributed by atoms with E-state index in [4.69, 9.17) is 5.73 Å². The summed E-state index contributed by atoms with van der Waals surface area (Å²) in [6, 6.07) is 4.63. The summed E-state index contributed by atoms with van der Waals surface area (Å²) in [5, 5.41) is 2.30. The van der Waals surface area contributed by atoms with Crippen LogP contribution in [0.1, 0.15) is 15.9 Å². The molecular formula is C10H11F3N2O. The highest BCUT2D eigenvalue weighted by Crippen LogP contribution is 2.31. The molecule has 0 radical (unpaired) electrons. The number of benzene rings is 1. The monoisotopic (exact) mass is 232 g/mol. The minimum Gasteiger partial charge on any atom is -0.351 e. The molecule has 0 heterocycles. The van der Waals surface area contributed by atoms with Gasteiger partial charge < -0.3 is 11.1 Å². The summed E-state index contributed by atoms with van der Waals surface area (Å²) in [5.41, 5.74) is 3.82. The lowest BCUT2D eigenvalue weighted by Gasteiger charge is -2.12. The molecule has 1 aromatic carbocycles. The van der Waals surface area contributed by atoms with E-state index in [0.29, 0.717) is 0 Å². The third-order valence-corrected chi connectivity index (χ3v) is 1.91. The molecule has 0 aromatic heterocycles. The predicted octanol–water partition coefficient (Wildman–Crippen LogP) is 1.39. The highest BCUT2D eigenvalue weighted by molar-refractivity contribution is 5.95. The van der Waals surface area contributed by atoms with Gasteiger partial charge in [0.05, 0.1) is 11.1 Å². The molecule has 0 fully saturated rings. The van der Waals surface area contributed by atoms with Crippen molar-refractivity contribution in [3.8, 4) is 0 Å². The van der Waals surface area contributed by atoms with Gasteiger partial charge in [-0.1, -0.05) is 12.1 Å². The van der Waals surface area contributed by atoms with Crippen molar-refractivity contribution in [3.05, 3.63) is 35.4 Å². The summed E-state index contributed by atoms with van der Waals surface area (Å²) in [6.07, 6.45) is -4.53. The van der Waals surface area contributed by atoms with Crippen molar-refractivity contribution in [1.29, 1.82) is 0 Å². The Balaban J connectivity index is 3.00. The average molecular weight is 232 g/mol. The number of nitrogens with one attached hydrogen (secondary N) is 1. The first-order chi connectivity index (χ1) is 7.46. The number of alkyl halides is 3. The fourth-order valence-corrected chi connectivity index (χ4v) is 1.21. The highest BCUT2D eigenvalue weighted by Gasteiger charge is 2.34. The molecule has 0 bridgehead atoms. The van der Waals surface area contributed by atoms with Gasteiger partial charge >= 0.3 is 6.18 Å². The third-order valence-electron chi connectivity index (χ3n) is 1.91. The summed E-state index contributed by atoms with van der Waals surface area (Å²) in [4.78, 5) is 11.4. The Morgan fingerprint density at radius 1 is 1.31 bits per heavy atom. The molecule has 1 rings (SSSR count). The normalized spacial score (nSPS) is 11.2. The van der Waals surface area contributed by atoms with Gasteiger partial charge in [0.25, 0.3) is 5.91 Å². The van der Waals surface area contributed by atoms with Crippen molar-refractivity contribution in [1.82, 2.24) is 5.32 Å². The minimum atomic E-state index is -4.53. The smallest absolute Gasteiger partial charge is 0.351 e. The van der Waals surface area contributed by atoms with Gasteiger partial charge in [0.2, 0.25) is 0 Å². The van der Waals surface area contributed by atoms with Crippen LogP contribution in [0.15, 0.2) is 24.3 Å². The second-order valence-electron chi connectivity index (χ2n) is 3.09. The number of carbonyl (C=O) groups is 1. The van der Waals surface area contributed by atoms with E-state index in [1.165, 1.54) is 12.1 Å². The van der Waals surface area contributed by atoms with E-state index in [9.17, 15) is 18.0 Å². The Bertz CT molecular complexity index is 377. The molecule has 0 aliphatic carbocycles. The number of carbonyl (C=O) groups excluding carboxylic acids is 1. The Hall–Kier alpha value is -1.56. The first-order valence-electron chi connectivity index (χ1n) is 4.61. The fourth-order valence-electron chi connectivity index (χ4n) is 1.21. The number of amides is 1. The van der Waals surface area contributed by atoms with E-state index in [1.54, 1.807) is 0 Å². The molecule has 0 unspecified atom stereocenters. The number of rotatable bonds is 3. The van der Waals surface area contributed by atoms with Crippen molar-refractivity contribution in [2.24, 2.45) is 5.73 Å². The van der Waals surface area contributed by atoms with Gasteiger partial charge in [-0.3, -0.25) is 4.79 Å². The molecule has 6 heteroatoms. The molecule has 3 N–H and O–H groups in total. The second-order valence-corrected chi connectivity index (χ2v) is 3.09. The van der Waals surface area contributed by atoms with Gasteiger partial charge in [-0.05, 0) is 12.1 Å². The van der Waals surface area contributed by atoms with Crippen LogP contribution in [-0.2, 0) is 6.18 Å². The zero-order valence-corrected chi connectivity index (χ0v) is 8.34. The molecule has 0 saturated heterocycles. The van der Waals surface area contributed by atoms with Gasteiger partial charge in [-0.15, -0.1) is 0 Å². The molecule has 0 saturated carbocycles. The second kappa shape index (κ2) is 4.98. The summed E-state index contributed by atoms with van der Waals surface area (Å²) >= 11 is 0. The molecule has 1 aromatic rings. The van der Waals surface area contributed by atoms with Crippen LogP contribution < -0.4 is 11.1 Å². The van der Waals surface area contributed by atoms with Crippen LogP contribution in [0.2, 0.25) is 0 Å². The number of hydrogen-bond acceptors (Lipinski definition) is 2. The molecule has 0 atom stereocenters. The molecule has 0 spiro atoms. The van der Waals surface area contributed by atoms with Gasteiger partial charge in [0.1, 0.15) is 0 Å². The molecule has 16 heavy (non-hydrogen) atoms. The van der Waals surface area contributed by atoms with Gasteiger partial charge in [0.15, 0.2) is 0 Å². The van der Waals surface area contributed by atoms with Crippen molar-refractivity contribution < 1.29 is 18.0 Å². The van der Waals surface area contributed by atoms with E-state index >= 15 is 0 Å². The number of halogens is 3. The molecule has 0 aliphatic rings. The van der Waals surface area contributed by atoms with Crippen LogP contribution in [0, 0.1) is 0 Å². The van der Waals surface area contributed by atoms with Crippen molar-refractivity contribution in [3.63, 3.8) is 0 Å². The number of hydrogen-bond donors (Lipinski definition) is 2. The standard InChI is InChI=1S/C10H11F3N2O/c11-10(12,13)8-4-2-1-3-7(8)9(16)15-6-5-14/h1-4H,5-6,14H2,(H,15,16). The Kier molecular flexibility index (Phi) is 3.89. The quantitative estimate of drug-likeness (QED) is 0.827. The maximum Gasteiger partial charge on any atom is 0.417 e. The highest BCUT2D eigenvalue weighted by atomic mass is 19.4. The van der Waals surface area contributed by atoms with Crippen LogP contribution in [0.3, 0.4) is 0 Å². The van der Waals surface area contributed by atoms with Crippen LogP contribution in [0.25, 0.3) is 0 Å². The fraction of sp³-hybridized carbons (Fsp3) is 0.300. The van der Waals surface area contributed by atoms with Crippen LogP contribution in [0.4, 0.5) is 13.2 Å². The lowest BCUT2D eigenvalue weighted by atomic mass is 10.1. The molecule has 88 valence electrons. The van der Waals surface area contributed by atoms with Crippen LogP contribution in [-0.4, -0.2) is 19.0 Å². The van der Waals surface area contributed by atoms with E-state index in [1.807, 2.05) is 0 Å². The summed E-state index contributed by atoms with van der Waals surface area (Å²) < 4.78 is 37.6. The lowest BCUT2D eigenvalue weighted by Crippen LogP contribution is -2.30. The first-order valence-corrected chi connectivity index (χ1v) is 4.61. The first kappa shape index (κ1) is 12.5. The van der Waals surface area contributed by atoms with Gasteiger partial charge in [-0.2, -0.15) is 13.2 Å². The molecule has 3 nitrogen and oxygen atoms in total. The summed E-state index contributed by atoms with van der Waals surface area (Å²) in [6.45, 7) is 0.324. The molecule has 0 aliphatic heterocycles. The topological polar surface area (TPSA) is 55.1 Å². The average Bonchev–Trinajstić information content (AvgIpc) is 2.24. The Morgan fingerprint density at radius 2 is 1.94 bits per heavy atom. The molecular weight excluding hydrogens is 221 g/mol. The largest absolute Gasteiger partial charge is 0.417 e. The van der Waals surface area contributed by atoms with Crippen LogP contribution >= 0.6 is 0 Å². The number of nitrogens with two attached hydrogens (primary N) is 1. The zero-order valence-electron chi connectivity index (χ0n) is 8.34. The van der Waals surface area contributed by atoms with E-state index in [0.717, 1.165) is 12.1 Å². The van der Waals surface area contributed by atoms with E-state index in [2.05, 4.69) is 5.32 Å². The summed E-state index contributed by atoms with van der Waals surface area (Å²) in [7, 11) is 0. The van der Waals surface area contributed by atoms with Gasteiger partial charge in [0, 0.05) is 13.1 Å². The summed E-state index contributed by atoms with van der Waals surface area (Å²) in [5.74, 6) is -0.765. The van der Waals surface area contributed by atoms with Gasteiger partial charge in [-0.25, -0.2) is 0 Å². The lowest BCUT2D eigenvalue weighted by molar-refractivity contribution is -0.137.